The molecule has 0 atom stereocenters. The highest BCUT2D eigenvalue weighted by Crippen LogP contribution is 2.19. The summed E-state index contributed by atoms with van der Waals surface area (Å²) >= 11 is 0. The number of hydrogen-bond donors (Lipinski definition) is 1. The predicted molar refractivity (Wildman–Crippen MR) is 108 cm³/mol. The summed E-state index contributed by atoms with van der Waals surface area (Å²) in [5.74, 6) is 0.496. The zero-order chi connectivity index (χ0) is 19.2. The van der Waals surface area contributed by atoms with E-state index in [9.17, 15) is 4.79 Å². The van der Waals surface area contributed by atoms with Crippen molar-refractivity contribution in [1.29, 1.82) is 0 Å². The fourth-order valence-electron chi connectivity index (χ4n) is 2.81. The van der Waals surface area contributed by atoms with Crippen LogP contribution >= 0.6 is 0 Å². The molecule has 3 aromatic rings. The lowest BCUT2D eigenvalue weighted by Gasteiger charge is -2.26. The molecule has 1 amide bonds. The lowest BCUT2D eigenvalue weighted by molar-refractivity contribution is 0.0684. The summed E-state index contributed by atoms with van der Waals surface area (Å²) in [5.41, 5.74) is 3.54. The average molecular weight is 360 g/mol. The topological polar surface area (TPSA) is 58.1 Å². The predicted octanol–water partition coefficient (Wildman–Crippen LogP) is 4.58. The second-order valence-corrected chi connectivity index (χ2v) is 6.74. The molecule has 5 nitrogen and oxygen atoms in total. The van der Waals surface area contributed by atoms with Gasteiger partial charge in [0.15, 0.2) is 0 Å². The third-order valence-corrected chi connectivity index (χ3v) is 4.37. The van der Waals surface area contributed by atoms with Crippen LogP contribution in [0.1, 0.15) is 35.5 Å². The third kappa shape index (κ3) is 4.70. The zero-order valence-electron chi connectivity index (χ0n) is 15.9. The molecule has 3 rings (SSSR count). The SMILES string of the molecule is Cc1ccccc1Nc1cc(C(=O)N(Cc2ccccc2)C(C)C)ncn1. The number of nitrogens with one attached hydrogen (secondary N) is 1. The molecule has 1 N–H and O–H groups in total. The van der Waals surface area contributed by atoms with Gasteiger partial charge >= 0.3 is 0 Å². The van der Waals surface area contributed by atoms with Crippen LogP contribution in [-0.4, -0.2) is 26.8 Å². The largest absolute Gasteiger partial charge is 0.340 e. The van der Waals surface area contributed by atoms with Crippen molar-refractivity contribution in [3.8, 4) is 0 Å². The van der Waals surface area contributed by atoms with E-state index >= 15 is 0 Å². The first-order valence-electron chi connectivity index (χ1n) is 9.04. The summed E-state index contributed by atoms with van der Waals surface area (Å²) in [5, 5.41) is 3.26. The van der Waals surface area contributed by atoms with Crippen molar-refractivity contribution < 1.29 is 4.79 Å². The van der Waals surface area contributed by atoms with Gasteiger partial charge in [-0.15, -0.1) is 0 Å². The Morgan fingerprint density at radius 3 is 2.44 bits per heavy atom. The Morgan fingerprint density at radius 2 is 1.74 bits per heavy atom. The molecule has 1 heterocycles. The van der Waals surface area contributed by atoms with Crippen molar-refractivity contribution in [3.63, 3.8) is 0 Å². The van der Waals surface area contributed by atoms with E-state index in [0.717, 1.165) is 16.8 Å². The number of aryl methyl sites for hydroxylation is 1. The zero-order valence-corrected chi connectivity index (χ0v) is 15.9. The number of hydrogen-bond acceptors (Lipinski definition) is 4. The lowest BCUT2D eigenvalue weighted by atomic mass is 10.1. The van der Waals surface area contributed by atoms with Crippen LogP contribution < -0.4 is 5.32 Å². The Labute approximate surface area is 160 Å². The highest BCUT2D eigenvalue weighted by atomic mass is 16.2. The van der Waals surface area contributed by atoms with Crippen molar-refractivity contribution in [3.05, 3.63) is 83.8 Å². The molecule has 0 unspecified atom stereocenters. The second kappa shape index (κ2) is 8.45. The molecular weight excluding hydrogens is 336 g/mol. The Kier molecular flexibility index (Phi) is 5.81. The molecule has 2 aromatic carbocycles. The van der Waals surface area contributed by atoms with Crippen LogP contribution in [0.25, 0.3) is 0 Å². The van der Waals surface area contributed by atoms with Gasteiger partial charge in [-0.2, -0.15) is 0 Å². The van der Waals surface area contributed by atoms with Gasteiger partial charge in [-0.25, -0.2) is 9.97 Å². The van der Waals surface area contributed by atoms with Crippen LogP contribution in [0.3, 0.4) is 0 Å². The number of amides is 1. The first-order valence-corrected chi connectivity index (χ1v) is 9.04. The van der Waals surface area contributed by atoms with E-state index in [2.05, 4.69) is 15.3 Å². The smallest absolute Gasteiger partial charge is 0.273 e. The molecule has 0 aliphatic carbocycles. The fourth-order valence-corrected chi connectivity index (χ4v) is 2.81. The van der Waals surface area contributed by atoms with E-state index in [0.29, 0.717) is 18.1 Å². The van der Waals surface area contributed by atoms with Gasteiger partial charge in [0.2, 0.25) is 0 Å². The number of aromatic nitrogens is 2. The molecule has 1 aromatic heterocycles. The fraction of sp³-hybridized carbons (Fsp3) is 0.227. The Morgan fingerprint density at radius 1 is 1.04 bits per heavy atom. The maximum atomic E-state index is 13.1. The maximum absolute atomic E-state index is 13.1. The van der Waals surface area contributed by atoms with Gasteiger partial charge in [-0.1, -0.05) is 48.5 Å². The monoisotopic (exact) mass is 360 g/mol. The molecule has 0 spiro atoms. The van der Waals surface area contributed by atoms with E-state index in [4.69, 9.17) is 0 Å². The molecule has 0 aliphatic heterocycles. The quantitative estimate of drug-likeness (QED) is 0.699. The van der Waals surface area contributed by atoms with Gasteiger partial charge in [-0.3, -0.25) is 4.79 Å². The summed E-state index contributed by atoms with van der Waals surface area (Å²) in [6.07, 6.45) is 1.43. The minimum absolute atomic E-state index is 0.0560. The Hall–Kier alpha value is -3.21. The number of anilines is 2. The van der Waals surface area contributed by atoms with E-state index < -0.39 is 0 Å². The van der Waals surface area contributed by atoms with Gasteiger partial charge < -0.3 is 10.2 Å². The van der Waals surface area contributed by atoms with Crippen molar-refractivity contribution in [2.24, 2.45) is 0 Å². The van der Waals surface area contributed by atoms with Crippen LogP contribution in [0, 0.1) is 6.92 Å². The molecule has 0 saturated carbocycles. The number of benzene rings is 2. The van der Waals surface area contributed by atoms with Crippen LogP contribution in [0.15, 0.2) is 67.0 Å². The highest BCUT2D eigenvalue weighted by molar-refractivity contribution is 5.93. The number of carbonyl (C=O) groups excluding carboxylic acids is 1. The van der Waals surface area contributed by atoms with Crippen molar-refractivity contribution in [2.45, 2.75) is 33.4 Å². The summed E-state index contributed by atoms with van der Waals surface area (Å²) in [6, 6.07) is 19.7. The molecule has 5 heteroatoms. The summed E-state index contributed by atoms with van der Waals surface area (Å²) in [4.78, 5) is 23.3. The van der Waals surface area contributed by atoms with Crippen molar-refractivity contribution in [1.82, 2.24) is 14.9 Å². The number of rotatable bonds is 6. The van der Waals surface area contributed by atoms with Crippen LogP contribution in [0.4, 0.5) is 11.5 Å². The summed E-state index contributed by atoms with van der Waals surface area (Å²) in [6.45, 7) is 6.58. The second-order valence-electron chi connectivity index (χ2n) is 6.74. The average Bonchev–Trinajstić information content (AvgIpc) is 2.68. The Bertz CT molecular complexity index is 909. The molecule has 27 heavy (non-hydrogen) atoms. The van der Waals surface area contributed by atoms with Gasteiger partial charge in [-0.05, 0) is 38.0 Å². The maximum Gasteiger partial charge on any atom is 0.273 e. The first kappa shape index (κ1) is 18.6. The number of carbonyl (C=O) groups is 1. The van der Waals surface area contributed by atoms with Crippen LogP contribution in [0.5, 0.6) is 0 Å². The van der Waals surface area contributed by atoms with Crippen LogP contribution in [0.2, 0.25) is 0 Å². The molecule has 0 aliphatic rings. The van der Waals surface area contributed by atoms with Gasteiger partial charge in [0.05, 0.1) is 0 Å². The standard InChI is InChI=1S/C22H24N4O/c1-16(2)26(14-18-10-5-4-6-11-18)22(27)20-13-21(24-15-23-20)25-19-12-8-7-9-17(19)3/h4-13,15-16H,14H2,1-3H3,(H,23,24,25). The number of nitrogens with zero attached hydrogens (tertiary/aromatic N) is 3. The molecule has 0 fully saturated rings. The molecule has 0 radical (unpaired) electrons. The molecule has 0 saturated heterocycles. The van der Waals surface area contributed by atoms with Gasteiger partial charge in [0, 0.05) is 24.3 Å². The first-order chi connectivity index (χ1) is 13.0. The van der Waals surface area contributed by atoms with Crippen LogP contribution in [-0.2, 0) is 6.54 Å². The highest BCUT2D eigenvalue weighted by Gasteiger charge is 2.21. The van der Waals surface area contributed by atoms with Gasteiger partial charge in [0.25, 0.3) is 5.91 Å². The van der Waals surface area contributed by atoms with E-state index in [1.54, 1.807) is 6.07 Å². The summed E-state index contributed by atoms with van der Waals surface area (Å²) in [7, 11) is 0. The normalized spacial score (nSPS) is 10.7. The van der Waals surface area contributed by atoms with Crippen molar-refractivity contribution in [2.75, 3.05) is 5.32 Å². The minimum atomic E-state index is -0.107. The van der Waals surface area contributed by atoms with E-state index in [1.807, 2.05) is 80.3 Å². The Balaban J connectivity index is 1.81. The van der Waals surface area contributed by atoms with Crippen molar-refractivity contribution >= 4 is 17.4 Å². The summed E-state index contributed by atoms with van der Waals surface area (Å²) < 4.78 is 0. The molecular formula is C22H24N4O. The molecule has 0 bridgehead atoms. The minimum Gasteiger partial charge on any atom is -0.340 e. The van der Waals surface area contributed by atoms with E-state index in [1.165, 1.54) is 6.33 Å². The number of para-hydroxylation sites is 1. The lowest BCUT2D eigenvalue weighted by Crippen LogP contribution is -2.36. The third-order valence-electron chi connectivity index (χ3n) is 4.37. The molecule has 138 valence electrons. The van der Waals surface area contributed by atoms with Gasteiger partial charge in [0.1, 0.15) is 17.8 Å². The van der Waals surface area contributed by atoms with E-state index in [-0.39, 0.29) is 11.9 Å².